The lowest BCUT2D eigenvalue weighted by Gasteiger charge is -2.11. The molecule has 140 valence electrons. The van der Waals surface area contributed by atoms with E-state index in [1.165, 1.54) is 22.9 Å². The van der Waals surface area contributed by atoms with Crippen molar-refractivity contribution in [1.82, 2.24) is 14.8 Å². The second kappa shape index (κ2) is 7.13. The first-order valence-corrected chi connectivity index (χ1v) is 9.01. The number of hydrogen-bond donors (Lipinski definition) is 0. The zero-order valence-electron chi connectivity index (χ0n) is 14.9. The van der Waals surface area contributed by atoms with Crippen LogP contribution >= 0.6 is 11.6 Å². The van der Waals surface area contributed by atoms with E-state index >= 15 is 0 Å². The molecule has 0 N–H and O–H groups in total. The largest absolute Gasteiger partial charge is 0.292 e. The molecule has 0 bridgehead atoms. The third kappa shape index (κ3) is 3.39. The first kappa shape index (κ1) is 18.3. The number of aryl methyl sites for hydroxylation is 1. The summed E-state index contributed by atoms with van der Waals surface area (Å²) in [6.07, 6.45) is 2.59. The molecule has 0 saturated carbocycles. The molecule has 0 fully saturated rings. The quantitative estimate of drug-likeness (QED) is 0.628. The highest BCUT2D eigenvalue weighted by Gasteiger charge is 2.37. The number of ketones is 2. The number of hydrogen-bond acceptors (Lipinski definition) is 4. The topological polar surface area (TPSA) is 64.8 Å². The van der Waals surface area contributed by atoms with Crippen LogP contribution in [-0.2, 0) is 16.0 Å². The van der Waals surface area contributed by atoms with Crippen LogP contribution < -0.4 is 0 Å². The molecule has 0 spiro atoms. The van der Waals surface area contributed by atoms with Crippen molar-refractivity contribution in [2.24, 2.45) is 0 Å². The Labute approximate surface area is 165 Å². The van der Waals surface area contributed by atoms with Crippen molar-refractivity contribution in [2.75, 3.05) is 0 Å². The van der Waals surface area contributed by atoms with Crippen LogP contribution in [0.2, 0.25) is 5.02 Å². The standard InChI is InChI=1S/C21H15ClFN3O2/c1-12-8-18(13-2-4-15(22)5-3-13)25-26(12)20-19(27)10-14(21(20)28)9-17-7-6-16(23)11-24-17/h2-8,10-11,20H,9H2,1H3. The molecule has 1 aliphatic rings. The lowest BCUT2D eigenvalue weighted by atomic mass is 10.1. The number of carbonyl (C=O) groups excluding carboxylic acids is 2. The van der Waals surface area contributed by atoms with Gasteiger partial charge in [-0.2, -0.15) is 5.10 Å². The van der Waals surface area contributed by atoms with Gasteiger partial charge in [0.05, 0.1) is 11.9 Å². The number of halogens is 2. The van der Waals surface area contributed by atoms with Crippen LogP contribution in [0.4, 0.5) is 4.39 Å². The Morgan fingerprint density at radius 2 is 1.89 bits per heavy atom. The molecule has 0 radical (unpaired) electrons. The van der Waals surface area contributed by atoms with Gasteiger partial charge in [0.25, 0.3) is 0 Å². The van der Waals surface area contributed by atoms with Crippen LogP contribution in [0.3, 0.4) is 0 Å². The summed E-state index contributed by atoms with van der Waals surface area (Å²) in [7, 11) is 0. The molecule has 2 heterocycles. The van der Waals surface area contributed by atoms with E-state index in [9.17, 15) is 14.0 Å². The maximum atomic E-state index is 13.0. The molecule has 2 aromatic heterocycles. The number of aromatic nitrogens is 3. The van der Waals surface area contributed by atoms with Crippen molar-refractivity contribution in [3.8, 4) is 11.3 Å². The molecule has 28 heavy (non-hydrogen) atoms. The third-order valence-corrected chi connectivity index (χ3v) is 4.87. The zero-order chi connectivity index (χ0) is 19.8. The summed E-state index contributed by atoms with van der Waals surface area (Å²) in [5.41, 5.74) is 3.06. The van der Waals surface area contributed by atoms with Gasteiger partial charge in [0.15, 0.2) is 17.6 Å². The fourth-order valence-electron chi connectivity index (χ4n) is 3.21. The third-order valence-electron chi connectivity index (χ3n) is 4.62. The Balaban J connectivity index is 1.60. The summed E-state index contributed by atoms with van der Waals surface area (Å²) in [5, 5.41) is 5.09. The van der Waals surface area contributed by atoms with Crippen LogP contribution in [-0.4, -0.2) is 26.3 Å². The molecule has 4 rings (SSSR count). The fourth-order valence-corrected chi connectivity index (χ4v) is 3.34. The van der Waals surface area contributed by atoms with E-state index < -0.39 is 11.9 Å². The molecular formula is C21H15ClFN3O2. The predicted octanol–water partition coefficient (Wildman–Crippen LogP) is 3.91. The molecule has 0 aliphatic heterocycles. The summed E-state index contributed by atoms with van der Waals surface area (Å²) < 4.78 is 14.5. The number of rotatable bonds is 4. The first-order chi connectivity index (χ1) is 13.4. The van der Waals surface area contributed by atoms with E-state index in [1.807, 2.05) is 18.2 Å². The Hall–Kier alpha value is -3.12. The van der Waals surface area contributed by atoms with Gasteiger partial charge in [0.2, 0.25) is 0 Å². The van der Waals surface area contributed by atoms with Gasteiger partial charge in [-0.15, -0.1) is 0 Å². The van der Waals surface area contributed by atoms with E-state index in [1.54, 1.807) is 19.1 Å². The second-order valence-corrected chi connectivity index (χ2v) is 7.04. The molecule has 1 unspecified atom stereocenters. The van der Waals surface area contributed by atoms with Crippen molar-refractivity contribution < 1.29 is 14.0 Å². The zero-order valence-corrected chi connectivity index (χ0v) is 15.7. The van der Waals surface area contributed by atoms with E-state index in [0.717, 1.165) is 11.8 Å². The minimum absolute atomic E-state index is 0.172. The Kier molecular flexibility index (Phi) is 4.65. The van der Waals surface area contributed by atoms with Crippen molar-refractivity contribution in [3.63, 3.8) is 0 Å². The monoisotopic (exact) mass is 395 g/mol. The molecule has 7 heteroatoms. The van der Waals surface area contributed by atoms with Crippen LogP contribution in [0.5, 0.6) is 0 Å². The highest BCUT2D eigenvalue weighted by atomic mass is 35.5. The second-order valence-electron chi connectivity index (χ2n) is 6.61. The van der Waals surface area contributed by atoms with Crippen LogP contribution in [0.1, 0.15) is 17.4 Å². The van der Waals surface area contributed by atoms with Gasteiger partial charge in [-0.1, -0.05) is 23.7 Å². The van der Waals surface area contributed by atoms with Crippen LogP contribution in [0, 0.1) is 12.7 Å². The Morgan fingerprint density at radius 3 is 2.57 bits per heavy atom. The Morgan fingerprint density at radius 1 is 1.14 bits per heavy atom. The molecule has 1 aromatic carbocycles. The molecule has 0 amide bonds. The lowest BCUT2D eigenvalue weighted by Crippen LogP contribution is -2.24. The average Bonchev–Trinajstić information content (AvgIpc) is 3.17. The van der Waals surface area contributed by atoms with Gasteiger partial charge in [0.1, 0.15) is 5.82 Å². The highest BCUT2D eigenvalue weighted by Crippen LogP contribution is 2.29. The van der Waals surface area contributed by atoms with Crippen molar-refractivity contribution in [3.05, 3.63) is 82.5 Å². The van der Waals surface area contributed by atoms with Crippen molar-refractivity contribution in [1.29, 1.82) is 0 Å². The van der Waals surface area contributed by atoms with Gasteiger partial charge < -0.3 is 0 Å². The minimum Gasteiger partial charge on any atom is -0.292 e. The summed E-state index contributed by atoms with van der Waals surface area (Å²) in [4.78, 5) is 29.3. The number of benzene rings is 1. The number of allylic oxidation sites excluding steroid dienone is 2. The van der Waals surface area contributed by atoms with Gasteiger partial charge in [-0.05, 0) is 43.3 Å². The maximum absolute atomic E-state index is 13.0. The van der Waals surface area contributed by atoms with Gasteiger partial charge in [0, 0.05) is 34.0 Å². The average molecular weight is 396 g/mol. The smallest absolute Gasteiger partial charge is 0.191 e. The molecule has 0 saturated heterocycles. The van der Waals surface area contributed by atoms with E-state index in [0.29, 0.717) is 27.7 Å². The molecule has 1 aliphatic carbocycles. The van der Waals surface area contributed by atoms with Gasteiger partial charge >= 0.3 is 0 Å². The van der Waals surface area contributed by atoms with Crippen LogP contribution in [0.15, 0.2) is 60.3 Å². The van der Waals surface area contributed by atoms with Crippen molar-refractivity contribution >= 4 is 23.2 Å². The minimum atomic E-state index is -1.02. The number of carbonyl (C=O) groups is 2. The number of Topliss-reactive ketones (excluding diaryl/α,β-unsaturated/α-hetero) is 1. The van der Waals surface area contributed by atoms with Crippen molar-refractivity contribution in [2.45, 2.75) is 19.4 Å². The van der Waals surface area contributed by atoms with Crippen LogP contribution in [0.25, 0.3) is 11.3 Å². The SMILES string of the molecule is Cc1cc(-c2ccc(Cl)cc2)nn1C1C(=O)C=C(Cc2ccc(F)cn2)C1=O. The molecular weight excluding hydrogens is 381 g/mol. The first-order valence-electron chi connectivity index (χ1n) is 8.63. The lowest BCUT2D eigenvalue weighted by molar-refractivity contribution is -0.125. The maximum Gasteiger partial charge on any atom is 0.191 e. The summed E-state index contributed by atoms with van der Waals surface area (Å²) in [6.45, 7) is 1.80. The van der Waals surface area contributed by atoms with Gasteiger partial charge in [-0.3, -0.25) is 19.3 Å². The van der Waals surface area contributed by atoms with Gasteiger partial charge in [-0.25, -0.2) is 4.39 Å². The van der Waals surface area contributed by atoms with E-state index in [-0.39, 0.29) is 18.0 Å². The van der Waals surface area contributed by atoms with E-state index in [2.05, 4.69) is 10.1 Å². The summed E-state index contributed by atoms with van der Waals surface area (Å²) in [5.74, 6) is -1.09. The summed E-state index contributed by atoms with van der Waals surface area (Å²) in [6, 6.07) is 10.8. The Bertz CT molecular complexity index is 1100. The summed E-state index contributed by atoms with van der Waals surface area (Å²) >= 11 is 5.92. The molecule has 1 atom stereocenters. The number of nitrogens with zero attached hydrogens (tertiary/aromatic N) is 3. The number of pyridine rings is 1. The predicted molar refractivity (Wildman–Crippen MR) is 102 cm³/mol. The normalized spacial score (nSPS) is 16.5. The molecule has 3 aromatic rings. The fraction of sp³-hybridized carbons (Fsp3) is 0.143. The van der Waals surface area contributed by atoms with E-state index in [4.69, 9.17) is 11.6 Å². The molecule has 5 nitrogen and oxygen atoms in total. The highest BCUT2D eigenvalue weighted by molar-refractivity contribution is 6.30.